The summed E-state index contributed by atoms with van der Waals surface area (Å²) in [6, 6.07) is 10.9. The molecule has 2 aromatic carbocycles. The summed E-state index contributed by atoms with van der Waals surface area (Å²) in [5.41, 5.74) is 1.26. The highest BCUT2D eigenvalue weighted by Gasteiger charge is 2.26. The van der Waals surface area contributed by atoms with Crippen molar-refractivity contribution in [3.8, 4) is 0 Å². The molecule has 8 nitrogen and oxygen atoms in total. The van der Waals surface area contributed by atoms with Gasteiger partial charge in [0.2, 0.25) is 0 Å². The molecule has 1 amide bonds. The van der Waals surface area contributed by atoms with E-state index < -0.39 is 11.0 Å². The average molecular weight is 440 g/mol. The van der Waals surface area contributed by atoms with E-state index in [0.717, 1.165) is 10.5 Å². The van der Waals surface area contributed by atoms with Crippen molar-refractivity contribution in [2.24, 2.45) is 0 Å². The Morgan fingerprint density at radius 3 is 2.59 bits per heavy atom. The van der Waals surface area contributed by atoms with Crippen LogP contribution in [0.5, 0.6) is 0 Å². The van der Waals surface area contributed by atoms with Gasteiger partial charge in [-0.15, -0.1) is 0 Å². The predicted octanol–water partition coefficient (Wildman–Crippen LogP) is 4.29. The third-order valence-electron chi connectivity index (χ3n) is 4.60. The molecule has 1 fully saturated rings. The van der Waals surface area contributed by atoms with Gasteiger partial charge in [0.1, 0.15) is 0 Å². The molecular formula is C19H19Cl2N3O5. The van der Waals surface area contributed by atoms with E-state index >= 15 is 0 Å². The molecule has 1 aliphatic rings. The van der Waals surface area contributed by atoms with E-state index in [1.165, 1.54) is 24.3 Å². The minimum absolute atomic E-state index is 0.0965. The first-order valence-electron chi connectivity index (χ1n) is 8.86. The SMILES string of the molecule is O=C(O)N(CC1CN(Cc2ccc(Cl)c(Cl)c2)CCO1)c1ccc([N+](=O)[O-])cc1. The Morgan fingerprint density at radius 2 is 1.97 bits per heavy atom. The van der Waals surface area contributed by atoms with E-state index in [9.17, 15) is 20.0 Å². The molecule has 1 unspecified atom stereocenters. The summed E-state index contributed by atoms with van der Waals surface area (Å²) in [5, 5.41) is 21.4. The maximum absolute atomic E-state index is 11.7. The number of amides is 1. The number of ether oxygens (including phenoxy) is 1. The van der Waals surface area contributed by atoms with Crippen molar-refractivity contribution in [2.45, 2.75) is 12.6 Å². The number of rotatable bonds is 6. The van der Waals surface area contributed by atoms with Crippen LogP contribution >= 0.6 is 23.2 Å². The standard InChI is InChI=1S/C19H19Cl2N3O5/c20-17-6-1-13(9-18(17)21)10-22-7-8-29-16(11-22)12-23(19(25)26)14-2-4-15(5-3-14)24(27)28/h1-6,9,16H,7-8,10-12H2,(H,25,26). The highest BCUT2D eigenvalue weighted by Crippen LogP contribution is 2.24. The smallest absolute Gasteiger partial charge is 0.411 e. The van der Waals surface area contributed by atoms with Gasteiger partial charge in [0.25, 0.3) is 5.69 Å². The summed E-state index contributed by atoms with van der Waals surface area (Å²) >= 11 is 12.0. The number of hydrogen-bond acceptors (Lipinski definition) is 5. The zero-order valence-corrected chi connectivity index (χ0v) is 16.8. The van der Waals surface area contributed by atoms with Crippen molar-refractivity contribution in [1.29, 1.82) is 0 Å². The van der Waals surface area contributed by atoms with Crippen LogP contribution in [-0.4, -0.2) is 53.4 Å². The number of nitro benzene ring substituents is 1. The van der Waals surface area contributed by atoms with E-state index in [1.54, 1.807) is 6.07 Å². The first-order chi connectivity index (χ1) is 13.8. The highest BCUT2D eigenvalue weighted by molar-refractivity contribution is 6.42. The second kappa shape index (κ2) is 9.41. The van der Waals surface area contributed by atoms with E-state index in [-0.39, 0.29) is 18.3 Å². The maximum atomic E-state index is 11.7. The van der Waals surface area contributed by atoms with Crippen molar-refractivity contribution < 1.29 is 19.6 Å². The van der Waals surface area contributed by atoms with Crippen LogP contribution in [0.2, 0.25) is 10.0 Å². The number of nitro groups is 1. The van der Waals surface area contributed by atoms with Crippen LogP contribution in [0, 0.1) is 10.1 Å². The minimum atomic E-state index is -1.15. The van der Waals surface area contributed by atoms with Gasteiger partial charge in [0.05, 0.1) is 34.2 Å². The molecule has 1 aliphatic heterocycles. The van der Waals surface area contributed by atoms with Crippen LogP contribution in [0.4, 0.5) is 16.2 Å². The number of morpholine rings is 1. The molecule has 3 rings (SSSR count). The normalized spacial score (nSPS) is 17.1. The second-order valence-corrected chi connectivity index (χ2v) is 7.46. The lowest BCUT2D eigenvalue weighted by atomic mass is 10.1. The fourth-order valence-corrected chi connectivity index (χ4v) is 3.50. The summed E-state index contributed by atoms with van der Waals surface area (Å²) < 4.78 is 5.75. The summed E-state index contributed by atoms with van der Waals surface area (Å²) in [6.45, 7) is 2.48. The van der Waals surface area contributed by atoms with Crippen LogP contribution in [0.1, 0.15) is 5.56 Å². The number of carboxylic acid groups (broad SMARTS) is 1. The number of anilines is 1. The molecule has 1 N–H and O–H groups in total. The summed E-state index contributed by atoms with van der Waals surface area (Å²) in [7, 11) is 0. The molecule has 1 heterocycles. The van der Waals surface area contributed by atoms with E-state index in [4.69, 9.17) is 27.9 Å². The zero-order valence-electron chi connectivity index (χ0n) is 15.3. The Balaban J connectivity index is 1.66. The molecular weight excluding hydrogens is 421 g/mol. The Hall–Kier alpha value is -2.39. The fraction of sp³-hybridized carbons (Fsp3) is 0.316. The van der Waals surface area contributed by atoms with Gasteiger partial charge < -0.3 is 9.84 Å². The number of non-ortho nitro benzene ring substituents is 1. The molecule has 29 heavy (non-hydrogen) atoms. The minimum Gasteiger partial charge on any atom is -0.465 e. The largest absolute Gasteiger partial charge is 0.465 e. The fourth-order valence-electron chi connectivity index (χ4n) is 3.18. The van der Waals surface area contributed by atoms with E-state index in [0.29, 0.717) is 42.0 Å². The van der Waals surface area contributed by atoms with Gasteiger partial charge in [-0.1, -0.05) is 29.3 Å². The topological polar surface area (TPSA) is 96.2 Å². The predicted molar refractivity (Wildman–Crippen MR) is 110 cm³/mol. The lowest BCUT2D eigenvalue weighted by Crippen LogP contribution is -2.48. The summed E-state index contributed by atoms with van der Waals surface area (Å²) in [4.78, 5) is 25.3. The molecule has 0 radical (unpaired) electrons. The van der Waals surface area contributed by atoms with Crippen molar-refractivity contribution in [3.63, 3.8) is 0 Å². The second-order valence-electron chi connectivity index (χ2n) is 6.64. The quantitative estimate of drug-likeness (QED) is 0.532. The van der Waals surface area contributed by atoms with Crippen molar-refractivity contribution >= 4 is 40.7 Å². The average Bonchev–Trinajstić information content (AvgIpc) is 2.69. The highest BCUT2D eigenvalue weighted by atomic mass is 35.5. The van der Waals surface area contributed by atoms with Gasteiger partial charge in [-0.05, 0) is 29.8 Å². The van der Waals surface area contributed by atoms with Gasteiger partial charge in [-0.3, -0.25) is 19.9 Å². The molecule has 10 heteroatoms. The van der Waals surface area contributed by atoms with Crippen LogP contribution < -0.4 is 4.90 Å². The molecule has 154 valence electrons. The Labute approximate surface area is 177 Å². The molecule has 0 spiro atoms. The van der Waals surface area contributed by atoms with Crippen molar-refractivity contribution in [3.05, 3.63) is 68.2 Å². The van der Waals surface area contributed by atoms with Crippen LogP contribution in [-0.2, 0) is 11.3 Å². The number of halogens is 2. The third kappa shape index (κ3) is 5.57. The van der Waals surface area contributed by atoms with Gasteiger partial charge in [0.15, 0.2) is 0 Å². The summed E-state index contributed by atoms with van der Waals surface area (Å²) in [6.07, 6.45) is -1.48. The first kappa shape index (κ1) is 21.3. The molecule has 1 saturated heterocycles. The van der Waals surface area contributed by atoms with Gasteiger partial charge in [-0.2, -0.15) is 0 Å². The van der Waals surface area contributed by atoms with Crippen LogP contribution in [0.3, 0.4) is 0 Å². The third-order valence-corrected chi connectivity index (χ3v) is 5.34. The van der Waals surface area contributed by atoms with Crippen molar-refractivity contribution in [1.82, 2.24) is 4.90 Å². The number of carbonyl (C=O) groups is 1. The lowest BCUT2D eigenvalue weighted by Gasteiger charge is -2.35. The number of benzene rings is 2. The van der Waals surface area contributed by atoms with Crippen LogP contribution in [0.15, 0.2) is 42.5 Å². The molecule has 1 atom stereocenters. The van der Waals surface area contributed by atoms with Gasteiger partial charge >= 0.3 is 6.09 Å². The van der Waals surface area contributed by atoms with E-state index in [1.807, 2.05) is 12.1 Å². The van der Waals surface area contributed by atoms with Crippen LogP contribution in [0.25, 0.3) is 0 Å². The van der Waals surface area contributed by atoms with Crippen molar-refractivity contribution in [2.75, 3.05) is 31.1 Å². The van der Waals surface area contributed by atoms with Gasteiger partial charge in [-0.25, -0.2) is 4.79 Å². The maximum Gasteiger partial charge on any atom is 0.411 e. The van der Waals surface area contributed by atoms with E-state index in [2.05, 4.69) is 4.90 Å². The first-order valence-corrected chi connectivity index (χ1v) is 9.62. The molecule has 2 aromatic rings. The Kier molecular flexibility index (Phi) is 6.92. The Morgan fingerprint density at radius 1 is 1.24 bits per heavy atom. The summed E-state index contributed by atoms with van der Waals surface area (Å²) in [5.74, 6) is 0. The number of hydrogen-bond donors (Lipinski definition) is 1. The molecule has 0 saturated carbocycles. The zero-order chi connectivity index (χ0) is 21.0. The number of nitrogens with zero attached hydrogens (tertiary/aromatic N) is 3. The molecule has 0 aliphatic carbocycles. The Bertz CT molecular complexity index is 894. The van der Waals surface area contributed by atoms with Gasteiger partial charge in [0, 0.05) is 37.5 Å². The monoisotopic (exact) mass is 439 g/mol. The lowest BCUT2D eigenvalue weighted by molar-refractivity contribution is -0.384. The molecule has 0 aromatic heterocycles. The molecule has 0 bridgehead atoms.